The lowest BCUT2D eigenvalue weighted by atomic mass is 10.2. The summed E-state index contributed by atoms with van der Waals surface area (Å²) in [7, 11) is 1.71. The lowest BCUT2D eigenvalue weighted by Gasteiger charge is -2.07. The topological polar surface area (TPSA) is 56.2 Å². The van der Waals surface area contributed by atoms with Crippen LogP contribution in [0.5, 0.6) is 5.88 Å². The molecule has 0 saturated heterocycles. The maximum atomic E-state index is 13.6. The Kier molecular flexibility index (Phi) is 3.60. The number of hydrogen-bond acceptors (Lipinski definition) is 3. The van der Waals surface area contributed by atoms with Crippen LogP contribution < -0.4 is 10.1 Å². The second kappa shape index (κ2) is 5.55. The van der Waals surface area contributed by atoms with Crippen molar-refractivity contribution >= 4 is 11.6 Å². The molecule has 1 amide bonds. The summed E-state index contributed by atoms with van der Waals surface area (Å²) in [5.74, 6) is -0.0538. The molecule has 0 unspecified atom stereocenters. The molecule has 0 aliphatic heterocycles. The molecule has 1 aromatic carbocycles. The monoisotopic (exact) mass is 289 g/mol. The Labute approximate surface area is 121 Å². The van der Waals surface area contributed by atoms with E-state index in [1.54, 1.807) is 25.4 Å². The third-order valence-corrected chi connectivity index (χ3v) is 3.31. The van der Waals surface area contributed by atoms with E-state index in [4.69, 9.17) is 4.74 Å². The zero-order chi connectivity index (χ0) is 14.8. The van der Waals surface area contributed by atoms with Crippen molar-refractivity contribution in [3.63, 3.8) is 0 Å². The highest BCUT2D eigenvalue weighted by molar-refractivity contribution is 6.05. The van der Waals surface area contributed by atoms with Crippen LogP contribution in [0.25, 0.3) is 0 Å². The molecular formula is C15H16FN3O2. The molecule has 1 heterocycles. The Bertz CT molecular complexity index is 665. The first-order valence-corrected chi connectivity index (χ1v) is 6.86. The quantitative estimate of drug-likeness (QED) is 0.920. The minimum absolute atomic E-state index is 0.138. The van der Waals surface area contributed by atoms with Gasteiger partial charge in [-0.2, -0.15) is 0 Å². The van der Waals surface area contributed by atoms with Crippen LogP contribution in [0, 0.1) is 11.7 Å². The first kappa shape index (κ1) is 13.6. The van der Waals surface area contributed by atoms with Gasteiger partial charge in [-0.25, -0.2) is 4.39 Å². The lowest BCUT2D eigenvalue weighted by molar-refractivity contribution is 0.102. The number of hydrogen-bond donors (Lipinski definition) is 1. The van der Waals surface area contributed by atoms with Crippen LogP contribution in [-0.4, -0.2) is 22.3 Å². The van der Waals surface area contributed by atoms with Crippen LogP contribution in [0.3, 0.4) is 0 Å². The van der Waals surface area contributed by atoms with Gasteiger partial charge in [-0.05, 0) is 30.9 Å². The number of nitrogens with zero attached hydrogens (tertiary/aromatic N) is 2. The summed E-state index contributed by atoms with van der Waals surface area (Å²) in [4.78, 5) is 12.2. The van der Waals surface area contributed by atoms with Crippen molar-refractivity contribution in [2.75, 3.05) is 11.9 Å². The Morgan fingerprint density at radius 1 is 1.48 bits per heavy atom. The standard InChI is InChI=1S/C15H16FN3O2/c1-19-8-11(15(18-19)21-9-10-6-7-10)14(20)17-13-5-3-2-4-12(13)16/h2-5,8,10H,6-7,9H2,1H3,(H,17,20). The van der Waals surface area contributed by atoms with E-state index in [1.807, 2.05) is 0 Å². The van der Waals surface area contributed by atoms with Crippen LogP contribution in [0.1, 0.15) is 23.2 Å². The molecule has 110 valence electrons. The number of aromatic nitrogens is 2. The molecule has 3 rings (SSSR count). The van der Waals surface area contributed by atoms with Crippen molar-refractivity contribution in [1.82, 2.24) is 9.78 Å². The minimum atomic E-state index is -0.477. The van der Waals surface area contributed by atoms with Crippen molar-refractivity contribution in [2.45, 2.75) is 12.8 Å². The fourth-order valence-electron chi connectivity index (χ4n) is 1.96. The third-order valence-electron chi connectivity index (χ3n) is 3.31. The van der Waals surface area contributed by atoms with Crippen molar-refractivity contribution in [3.05, 3.63) is 41.8 Å². The predicted molar refractivity (Wildman–Crippen MR) is 75.8 cm³/mol. The lowest BCUT2D eigenvalue weighted by Crippen LogP contribution is -2.14. The molecule has 6 heteroatoms. The van der Waals surface area contributed by atoms with Crippen molar-refractivity contribution in [1.29, 1.82) is 0 Å². The van der Waals surface area contributed by atoms with Gasteiger partial charge in [0.15, 0.2) is 0 Å². The Morgan fingerprint density at radius 3 is 2.95 bits per heavy atom. The second-order valence-corrected chi connectivity index (χ2v) is 5.21. The molecule has 0 atom stereocenters. The fourth-order valence-corrected chi connectivity index (χ4v) is 1.96. The van der Waals surface area contributed by atoms with Crippen LogP contribution in [0.2, 0.25) is 0 Å². The van der Waals surface area contributed by atoms with Crippen LogP contribution in [-0.2, 0) is 7.05 Å². The Balaban J connectivity index is 1.75. The Hall–Kier alpha value is -2.37. The van der Waals surface area contributed by atoms with Crippen molar-refractivity contribution in [2.24, 2.45) is 13.0 Å². The van der Waals surface area contributed by atoms with Crippen molar-refractivity contribution in [3.8, 4) is 5.88 Å². The molecule has 0 radical (unpaired) electrons. The van der Waals surface area contributed by atoms with E-state index in [-0.39, 0.29) is 5.69 Å². The maximum absolute atomic E-state index is 13.6. The van der Waals surface area contributed by atoms with Gasteiger partial charge in [-0.3, -0.25) is 9.48 Å². The minimum Gasteiger partial charge on any atom is -0.476 e. The number of nitrogens with one attached hydrogen (secondary N) is 1. The molecule has 1 fully saturated rings. The number of carbonyl (C=O) groups excluding carboxylic acids is 1. The van der Waals surface area contributed by atoms with Gasteiger partial charge in [0.05, 0.1) is 12.3 Å². The molecule has 2 aromatic rings. The summed E-state index contributed by atoms with van der Waals surface area (Å²) in [6, 6.07) is 6.03. The summed E-state index contributed by atoms with van der Waals surface area (Å²) in [5.41, 5.74) is 0.445. The van der Waals surface area contributed by atoms with E-state index in [0.29, 0.717) is 24.0 Å². The Morgan fingerprint density at radius 2 is 2.24 bits per heavy atom. The predicted octanol–water partition coefficient (Wildman–Crippen LogP) is 2.60. The van der Waals surface area contributed by atoms with Gasteiger partial charge in [-0.15, -0.1) is 5.10 Å². The van der Waals surface area contributed by atoms with Gasteiger partial charge in [0.1, 0.15) is 11.4 Å². The number of aryl methyl sites for hydroxylation is 1. The fraction of sp³-hybridized carbons (Fsp3) is 0.333. The molecule has 21 heavy (non-hydrogen) atoms. The van der Waals surface area contributed by atoms with Gasteiger partial charge in [0, 0.05) is 13.2 Å². The molecule has 5 nitrogen and oxygen atoms in total. The molecule has 1 aliphatic carbocycles. The number of amides is 1. The van der Waals surface area contributed by atoms with E-state index in [9.17, 15) is 9.18 Å². The van der Waals surface area contributed by atoms with Gasteiger partial charge in [0.25, 0.3) is 5.91 Å². The summed E-state index contributed by atoms with van der Waals surface area (Å²) in [6.07, 6.45) is 3.88. The van der Waals surface area contributed by atoms with Crippen LogP contribution in [0.4, 0.5) is 10.1 Å². The zero-order valence-electron chi connectivity index (χ0n) is 11.7. The molecule has 1 aromatic heterocycles. The largest absolute Gasteiger partial charge is 0.476 e. The highest BCUT2D eigenvalue weighted by atomic mass is 19.1. The molecular weight excluding hydrogens is 273 g/mol. The number of anilines is 1. The molecule has 1 N–H and O–H groups in total. The molecule has 0 bridgehead atoms. The number of halogens is 1. The van der Waals surface area contributed by atoms with Gasteiger partial charge < -0.3 is 10.1 Å². The first-order chi connectivity index (χ1) is 10.1. The smallest absolute Gasteiger partial charge is 0.262 e. The van der Waals surface area contributed by atoms with Gasteiger partial charge >= 0.3 is 0 Å². The number of ether oxygens (including phenoxy) is 1. The number of carbonyl (C=O) groups is 1. The van der Waals surface area contributed by atoms with E-state index >= 15 is 0 Å². The maximum Gasteiger partial charge on any atom is 0.262 e. The molecule has 0 spiro atoms. The average molecular weight is 289 g/mol. The summed E-state index contributed by atoms with van der Waals surface area (Å²) < 4.78 is 20.7. The third kappa shape index (κ3) is 3.21. The normalized spacial score (nSPS) is 14.0. The highest BCUT2D eigenvalue weighted by Gasteiger charge is 2.24. The second-order valence-electron chi connectivity index (χ2n) is 5.21. The zero-order valence-corrected chi connectivity index (χ0v) is 11.7. The van der Waals surface area contributed by atoms with Crippen LogP contribution in [0.15, 0.2) is 30.5 Å². The number of rotatable bonds is 5. The summed E-state index contributed by atoms with van der Waals surface area (Å²) >= 11 is 0. The van der Waals surface area contributed by atoms with Gasteiger partial charge in [-0.1, -0.05) is 12.1 Å². The summed E-state index contributed by atoms with van der Waals surface area (Å²) in [5, 5.41) is 6.67. The van der Waals surface area contributed by atoms with E-state index in [2.05, 4.69) is 10.4 Å². The average Bonchev–Trinajstić information content (AvgIpc) is 3.21. The molecule has 1 aliphatic rings. The van der Waals surface area contributed by atoms with Gasteiger partial charge in [0.2, 0.25) is 5.88 Å². The van der Waals surface area contributed by atoms with E-state index in [0.717, 1.165) is 12.8 Å². The highest BCUT2D eigenvalue weighted by Crippen LogP contribution is 2.30. The number of para-hydroxylation sites is 1. The summed E-state index contributed by atoms with van der Waals surface area (Å²) in [6.45, 7) is 0.566. The first-order valence-electron chi connectivity index (χ1n) is 6.86. The van der Waals surface area contributed by atoms with Crippen LogP contribution >= 0.6 is 0 Å². The number of benzene rings is 1. The van der Waals surface area contributed by atoms with Crippen molar-refractivity contribution < 1.29 is 13.9 Å². The van der Waals surface area contributed by atoms with E-state index in [1.165, 1.54) is 16.8 Å². The SMILES string of the molecule is Cn1cc(C(=O)Nc2ccccc2F)c(OCC2CC2)n1. The van der Waals surface area contributed by atoms with E-state index < -0.39 is 11.7 Å². The molecule has 1 saturated carbocycles.